The Labute approximate surface area is 184 Å². The first-order valence-electron chi connectivity index (χ1n) is 9.48. The molecule has 0 saturated heterocycles. The van der Waals surface area contributed by atoms with Crippen molar-refractivity contribution in [2.24, 2.45) is 0 Å². The second-order valence-corrected chi connectivity index (χ2v) is 8.49. The number of nitrogen functional groups attached to an aromatic ring is 1. The molecule has 0 unspecified atom stereocenters. The SMILES string of the molecule is COC(=O)c1ccc(S(=O)(=O)NCCCc2nn(-c3ccc(F)cc3)c(N)c2C#N)cc1. The summed E-state index contributed by atoms with van der Waals surface area (Å²) < 4.78 is 46.4. The number of carbonyl (C=O) groups is 1. The molecule has 32 heavy (non-hydrogen) atoms. The number of nitrogens with one attached hydrogen (secondary N) is 1. The molecule has 0 bridgehead atoms. The normalized spacial score (nSPS) is 11.2. The van der Waals surface area contributed by atoms with Crippen LogP contribution >= 0.6 is 0 Å². The first kappa shape index (κ1) is 22.9. The molecule has 0 aliphatic rings. The van der Waals surface area contributed by atoms with Gasteiger partial charge in [0.1, 0.15) is 23.3 Å². The molecule has 9 nitrogen and oxygen atoms in total. The van der Waals surface area contributed by atoms with Gasteiger partial charge in [-0.1, -0.05) is 0 Å². The predicted octanol–water partition coefficient (Wildman–Crippen LogP) is 2.16. The van der Waals surface area contributed by atoms with E-state index in [0.29, 0.717) is 24.2 Å². The van der Waals surface area contributed by atoms with Crippen LogP contribution in [-0.4, -0.2) is 37.8 Å². The lowest BCUT2D eigenvalue weighted by atomic mass is 10.1. The highest BCUT2D eigenvalue weighted by molar-refractivity contribution is 7.89. The number of sulfonamides is 1. The van der Waals surface area contributed by atoms with Gasteiger partial charge in [0.25, 0.3) is 0 Å². The van der Waals surface area contributed by atoms with Gasteiger partial charge in [-0.25, -0.2) is 27.0 Å². The van der Waals surface area contributed by atoms with Gasteiger partial charge in [-0.3, -0.25) is 0 Å². The first-order chi connectivity index (χ1) is 15.3. The standard InChI is InChI=1S/C21H20FN5O4S/c1-31-21(28)14-4-10-17(11-5-14)32(29,30)25-12-2-3-19-18(13-23)20(24)27(26-19)16-8-6-15(22)7-9-16/h4-11,25H,2-3,12,24H2,1H3. The largest absolute Gasteiger partial charge is 0.465 e. The molecular formula is C21H20FN5O4S. The monoisotopic (exact) mass is 457 g/mol. The summed E-state index contributed by atoms with van der Waals surface area (Å²) in [5.41, 5.74) is 7.36. The van der Waals surface area contributed by atoms with Crippen LogP contribution in [0.1, 0.15) is 28.0 Å². The van der Waals surface area contributed by atoms with Crippen LogP contribution in [0.15, 0.2) is 53.4 Å². The summed E-state index contributed by atoms with van der Waals surface area (Å²) in [5.74, 6) is -0.845. The van der Waals surface area contributed by atoms with Crippen LogP contribution in [0.4, 0.5) is 10.2 Å². The quantitative estimate of drug-likeness (QED) is 0.390. The summed E-state index contributed by atoms with van der Waals surface area (Å²) in [5, 5.41) is 13.8. The van der Waals surface area contributed by atoms with Crippen LogP contribution < -0.4 is 10.5 Å². The third kappa shape index (κ3) is 4.93. The zero-order valence-electron chi connectivity index (χ0n) is 17.1. The van der Waals surface area contributed by atoms with Crippen LogP contribution in [0.2, 0.25) is 0 Å². The molecule has 3 aromatic rings. The minimum atomic E-state index is -3.78. The summed E-state index contributed by atoms with van der Waals surface area (Å²) in [6, 6.07) is 12.9. The predicted molar refractivity (Wildman–Crippen MR) is 114 cm³/mol. The number of aryl methyl sites for hydroxylation is 1. The zero-order valence-corrected chi connectivity index (χ0v) is 17.9. The average molecular weight is 457 g/mol. The Morgan fingerprint density at radius 1 is 1.22 bits per heavy atom. The summed E-state index contributed by atoms with van der Waals surface area (Å²) in [6.45, 7) is 0.0925. The number of methoxy groups -OCH3 is 1. The summed E-state index contributed by atoms with van der Waals surface area (Å²) in [7, 11) is -2.54. The molecule has 3 N–H and O–H groups in total. The molecule has 0 aliphatic carbocycles. The van der Waals surface area contributed by atoms with Crippen LogP contribution in [-0.2, 0) is 21.2 Å². The highest BCUT2D eigenvalue weighted by atomic mass is 32.2. The summed E-state index contributed by atoms with van der Waals surface area (Å²) >= 11 is 0. The maximum absolute atomic E-state index is 13.2. The smallest absolute Gasteiger partial charge is 0.337 e. The maximum atomic E-state index is 13.2. The van der Waals surface area contributed by atoms with Crippen LogP contribution in [0.3, 0.4) is 0 Å². The van der Waals surface area contributed by atoms with E-state index >= 15 is 0 Å². The molecule has 1 heterocycles. The number of aromatic nitrogens is 2. The second kappa shape index (κ2) is 9.59. The summed E-state index contributed by atoms with van der Waals surface area (Å²) in [6.07, 6.45) is 0.652. The highest BCUT2D eigenvalue weighted by Gasteiger charge is 2.18. The van der Waals surface area contributed by atoms with E-state index in [2.05, 4.69) is 14.6 Å². The number of hydrogen-bond acceptors (Lipinski definition) is 7. The van der Waals surface area contributed by atoms with E-state index in [4.69, 9.17) is 5.73 Å². The lowest BCUT2D eigenvalue weighted by molar-refractivity contribution is 0.0600. The Morgan fingerprint density at radius 2 is 1.88 bits per heavy atom. The molecule has 0 amide bonds. The van der Waals surface area contributed by atoms with Gasteiger partial charge < -0.3 is 10.5 Å². The molecule has 0 atom stereocenters. The van der Waals surface area contributed by atoms with Crippen molar-refractivity contribution in [3.63, 3.8) is 0 Å². The fourth-order valence-corrected chi connectivity index (χ4v) is 4.06. The van der Waals surface area contributed by atoms with Gasteiger partial charge >= 0.3 is 5.97 Å². The van der Waals surface area contributed by atoms with Crippen molar-refractivity contribution in [2.75, 3.05) is 19.4 Å². The number of nitriles is 1. The number of hydrogen-bond donors (Lipinski definition) is 2. The van der Waals surface area contributed by atoms with Crippen molar-refractivity contribution >= 4 is 21.8 Å². The molecule has 0 radical (unpaired) electrons. The Hall–Kier alpha value is -3.75. The lowest BCUT2D eigenvalue weighted by Gasteiger charge is -2.07. The molecular weight excluding hydrogens is 437 g/mol. The van der Waals surface area contributed by atoms with Gasteiger partial charge in [0.15, 0.2) is 0 Å². The van der Waals surface area contributed by atoms with E-state index in [1.807, 2.05) is 6.07 Å². The van der Waals surface area contributed by atoms with Gasteiger partial charge in [0.05, 0.1) is 29.0 Å². The van der Waals surface area contributed by atoms with Crippen LogP contribution in [0.25, 0.3) is 5.69 Å². The number of esters is 1. The Bertz CT molecular complexity index is 1260. The third-order valence-corrected chi connectivity index (χ3v) is 6.12. The highest BCUT2D eigenvalue weighted by Crippen LogP contribution is 2.22. The summed E-state index contributed by atoms with van der Waals surface area (Å²) in [4.78, 5) is 11.5. The maximum Gasteiger partial charge on any atom is 0.337 e. The number of carbonyl (C=O) groups excluding carboxylic acids is 1. The minimum absolute atomic E-state index is 0.00713. The molecule has 1 aromatic heterocycles. The van der Waals surface area contributed by atoms with E-state index in [1.54, 1.807) is 0 Å². The molecule has 3 rings (SSSR count). The van der Waals surface area contributed by atoms with Gasteiger partial charge in [0.2, 0.25) is 10.0 Å². The molecule has 0 saturated carbocycles. The average Bonchev–Trinajstić information content (AvgIpc) is 3.12. The van der Waals surface area contributed by atoms with Gasteiger partial charge in [-0.05, 0) is 61.4 Å². The topological polar surface area (TPSA) is 140 Å². The fourth-order valence-electron chi connectivity index (χ4n) is 2.99. The number of nitrogens with zero attached hydrogens (tertiary/aromatic N) is 3. The molecule has 166 valence electrons. The lowest BCUT2D eigenvalue weighted by Crippen LogP contribution is -2.25. The van der Waals surface area contributed by atoms with E-state index in [9.17, 15) is 22.9 Å². The van der Waals surface area contributed by atoms with Crippen molar-refractivity contribution in [3.05, 3.63) is 71.2 Å². The Kier molecular flexibility index (Phi) is 6.87. The fraction of sp³-hybridized carbons (Fsp3) is 0.190. The van der Waals surface area contributed by atoms with E-state index < -0.39 is 21.8 Å². The van der Waals surface area contributed by atoms with Crippen molar-refractivity contribution in [3.8, 4) is 11.8 Å². The third-order valence-electron chi connectivity index (χ3n) is 4.64. The van der Waals surface area contributed by atoms with Crippen molar-refractivity contribution < 1.29 is 22.3 Å². The van der Waals surface area contributed by atoms with Crippen molar-refractivity contribution in [1.82, 2.24) is 14.5 Å². The number of benzene rings is 2. The van der Waals surface area contributed by atoms with E-state index in [0.717, 1.165) is 0 Å². The van der Waals surface area contributed by atoms with Crippen molar-refractivity contribution in [1.29, 1.82) is 5.26 Å². The number of nitrogens with two attached hydrogens (primary N) is 1. The molecule has 0 spiro atoms. The van der Waals surface area contributed by atoms with E-state index in [-0.39, 0.29) is 28.4 Å². The zero-order chi connectivity index (χ0) is 23.3. The number of ether oxygens (including phenoxy) is 1. The molecule has 2 aromatic carbocycles. The second-order valence-electron chi connectivity index (χ2n) is 6.72. The molecule has 0 aliphatic heterocycles. The van der Waals surface area contributed by atoms with Gasteiger partial charge in [-0.2, -0.15) is 10.4 Å². The number of halogens is 1. The van der Waals surface area contributed by atoms with Gasteiger partial charge in [0, 0.05) is 6.54 Å². The molecule has 11 heteroatoms. The van der Waals surface area contributed by atoms with E-state index in [1.165, 1.54) is 60.3 Å². The Morgan fingerprint density at radius 3 is 2.47 bits per heavy atom. The Balaban J connectivity index is 1.65. The molecule has 0 fully saturated rings. The number of rotatable bonds is 8. The van der Waals surface area contributed by atoms with Crippen LogP contribution in [0.5, 0.6) is 0 Å². The first-order valence-corrected chi connectivity index (χ1v) is 11.0. The van der Waals surface area contributed by atoms with Gasteiger partial charge in [-0.15, -0.1) is 0 Å². The van der Waals surface area contributed by atoms with Crippen molar-refractivity contribution in [2.45, 2.75) is 17.7 Å². The van der Waals surface area contributed by atoms with Crippen LogP contribution in [0, 0.1) is 17.1 Å². The number of anilines is 1. The minimum Gasteiger partial charge on any atom is -0.465 e.